The molecule has 5 heteroatoms. The van der Waals surface area contributed by atoms with Crippen LogP contribution in [0.25, 0.3) is 0 Å². The van der Waals surface area contributed by atoms with Gasteiger partial charge in [-0.05, 0) is 5.92 Å². The second kappa shape index (κ2) is 7.70. The van der Waals surface area contributed by atoms with Gasteiger partial charge in [-0.1, -0.05) is 31.8 Å². The fraction of sp³-hybridized carbons (Fsp3) is 0.667. The van der Waals surface area contributed by atoms with Gasteiger partial charge in [-0.15, -0.1) is 0 Å². The molecule has 0 amide bonds. The molecule has 0 aliphatic carbocycles. The lowest BCUT2D eigenvalue weighted by molar-refractivity contribution is 0.410. The predicted octanol–water partition coefficient (Wildman–Crippen LogP) is 1.78. The van der Waals surface area contributed by atoms with Crippen LogP contribution in [-0.4, -0.2) is 24.7 Å². The summed E-state index contributed by atoms with van der Waals surface area (Å²) >= 11 is 0. The van der Waals surface area contributed by atoms with Crippen molar-refractivity contribution in [3.8, 4) is 0 Å². The van der Waals surface area contributed by atoms with Crippen molar-refractivity contribution >= 4 is 5.96 Å². The van der Waals surface area contributed by atoms with Crippen LogP contribution in [0.1, 0.15) is 32.4 Å². The van der Waals surface area contributed by atoms with Gasteiger partial charge < -0.3 is 15.2 Å². The lowest BCUT2D eigenvalue weighted by atomic mass is 10.0. The number of hydrogen-bond acceptors (Lipinski definition) is 3. The number of aromatic nitrogens is 1. The van der Waals surface area contributed by atoms with Crippen LogP contribution in [0, 0.1) is 5.92 Å². The van der Waals surface area contributed by atoms with E-state index in [0.29, 0.717) is 12.5 Å². The second-order valence-electron chi connectivity index (χ2n) is 3.98. The van der Waals surface area contributed by atoms with Gasteiger partial charge in [-0.25, -0.2) is 0 Å². The normalized spacial score (nSPS) is 11.9. The molecule has 2 N–H and O–H groups in total. The maximum atomic E-state index is 4.76. The number of nitrogens with zero attached hydrogens (tertiary/aromatic N) is 2. The highest BCUT2D eigenvalue weighted by Crippen LogP contribution is 2.04. The summed E-state index contributed by atoms with van der Waals surface area (Å²) in [5.74, 6) is 1.50. The lowest BCUT2D eigenvalue weighted by Crippen LogP contribution is -2.39. The molecule has 1 heterocycles. The number of nitrogens with one attached hydrogen (secondary N) is 2. The minimum absolute atomic E-state index is 0.624. The monoisotopic (exact) mass is 238 g/mol. The van der Waals surface area contributed by atoms with Crippen LogP contribution in [0.5, 0.6) is 0 Å². The molecule has 1 aromatic rings. The molecule has 17 heavy (non-hydrogen) atoms. The smallest absolute Gasteiger partial charge is 0.191 e. The van der Waals surface area contributed by atoms with E-state index in [2.05, 4.69) is 34.6 Å². The minimum Gasteiger partial charge on any atom is -0.364 e. The largest absolute Gasteiger partial charge is 0.364 e. The molecular formula is C12H22N4O. The Morgan fingerprint density at radius 1 is 1.41 bits per heavy atom. The van der Waals surface area contributed by atoms with Crippen molar-refractivity contribution in [3.05, 3.63) is 18.0 Å². The molecule has 0 bridgehead atoms. The topological polar surface area (TPSA) is 62.5 Å². The Labute approximate surface area is 103 Å². The quantitative estimate of drug-likeness (QED) is 0.586. The summed E-state index contributed by atoms with van der Waals surface area (Å²) in [4.78, 5) is 4.16. The van der Waals surface area contributed by atoms with Gasteiger partial charge in [0.2, 0.25) is 0 Å². The van der Waals surface area contributed by atoms with E-state index in [4.69, 9.17) is 4.52 Å². The Bertz CT molecular complexity index is 317. The zero-order valence-electron chi connectivity index (χ0n) is 10.9. The zero-order chi connectivity index (χ0) is 12.5. The van der Waals surface area contributed by atoms with Crippen molar-refractivity contribution in [2.75, 3.05) is 13.6 Å². The third-order valence-electron chi connectivity index (χ3n) is 2.86. The Morgan fingerprint density at radius 2 is 2.18 bits per heavy atom. The van der Waals surface area contributed by atoms with E-state index in [9.17, 15) is 0 Å². The summed E-state index contributed by atoms with van der Waals surface area (Å²) in [5, 5.41) is 10.3. The average molecular weight is 238 g/mol. The van der Waals surface area contributed by atoms with E-state index < -0.39 is 0 Å². The van der Waals surface area contributed by atoms with Gasteiger partial charge >= 0.3 is 0 Å². The van der Waals surface area contributed by atoms with Crippen molar-refractivity contribution in [2.24, 2.45) is 10.9 Å². The fourth-order valence-electron chi connectivity index (χ4n) is 1.54. The zero-order valence-corrected chi connectivity index (χ0v) is 10.9. The molecule has 0 fully saturated rings. The Kier molecular flexibility index (Phi) is 6.14. The number of hydrogen-bond donors (Lipinski definition) is 2. The summed E-state index contributed by atoms with van der Waals surface area (Å²) in [7, 11) is 1.77. The maximum absolute atomic E-state index is 4.76. The number of guanidine groups is 1. The predicted molar refractivity (Wildman–Crippen MR) is 68.8 cm³/mol. The van der Waals surface area contributed by atoms with Gasteiger partial charge in [0.05, 0.1) is 6.54 Å². The van der Waals surface area contributed by atoms with E-state index in [1.54, 1.807) is 13.3 Å². The van der Waals surface area contributed by atoms with Gasteiger partial charge in [-0.3, -0.25) is 4.99 Å². The number of rotatable bonds is 6. The molecule has 0 radical (unpaired) electrons. The van der Waals surface area contributed by atoms with Gasteiger partial charge in [0, 0.05) is 19.7 Å². The third-order valence-corrected chi connectivity index (χ3v) is 2.86. The summed E-state index contributed by atoms with van der Waals surface area (Å²) < 4.78 is 4.76. The minimum atomic E-state index is 0.624. The summed E-state index contributed by atoms with van der Waals surface area (Å²) in [5.41, 5.74) is 0.871. The molecule has 0 spiro atoms. The maximum Gasteiger partial charge on any atom is 0.191 e. The molecule has 1 aromatic heterocycles. The highest BCUT2D eigenvalue weighted by atomic mass is 16.5. The first-order chi connectivity index (χ1) is 8.30. The van der Waals surface area contributed by atoms with Crippen LogP contribution in [0.3, 0.4) is 0 Å². The average Bonchev–Trinajstić information content (AvgIpc) is 2.87. The molecule has 0 aliphatic heterocycles. The first kappa shape index (κ1) is 13.5. The highest BCUT2D eigenvalue weighted by molar-refractivity contribution is 5.79. The first-order valence-electron chi connectivity index (χ1n) is 6.13. The molecule has 5 nitrogen and oxygen atoms in total. The molecule has 96 valence electrons. The molecular weight excluding hydrogens is 216 g/mol. The van der Waals surface area contributed by atoms with Crippen molar-refractivity contribution < 1.29 is 4.52 Å². The van der Waals surface area contributed by atoms with E-state index >= 15 is 0 Å². The van der Waals surface area contributed by atoms with Crippen LogP contribution in [0.15, 0.2) is 21.8 Å². The van der Waals surface area contributed by atoms with Gasteiger partial charge in [0.15, 0.2) is 5.96 Å². The fourth-order valence-corrected chi connectivity index (χ4v) is 1.54. The lowest BCUT2D eigenvalue weighted by Gasteiger charge is -2.16. The van der Waals surface area contributed by atoms with Gasteiger partial charge in [0.25, 0.3) is 0 Å². The van der Waals surface area contributed by atoms with Crippen molar-refractivity contribution in [1.82, 2.24) is 15.8 Å². The summed E-state index contributed by atoms with van der Waals surface area (Å²) in [6.07, 6.45) is 3.94. The third kappa shape index (κ3) is 4.89. The van der Waals surface area contributed by atoms with Crippen molar-refractivity contribution in [3.63, 3.8) is 0 Å². The molecule has 0 atom stereocenters. The van der Waals surface area contributed by atoms with Gasteiger partial charge in [0.1, 0.15) is 12.0 Å². The van der Waals surface area contributed by atoms with Crippen LogP contribution in [-0.2, 0) is 6.54 Å². The molecule has 0 aliphatic rings. The molecule has 0 saturated carbocycles. The first-order valence-corrected chi connectivity index (χ1v) is 6.13. The van der Waals surface area contributed by atoms with E-state index in [1.807, 2.05) is 6.07 Å². The van der Waals surface area contributed by atoms with E-state index in [0.717, 1.165) is 18.2 Å². The van der Waals surface area contributed by atoms with Crippen LogP contribution in [0.4, 0.5) is 0 Å². The van der Waals surface area contributed by atoms with E-state index in [-0.39, 0.29) is 0 Å². The Morgan fingerprint density at radius 3 is 2.71 bits per heavy atom. The highest BCUT2D eigenvalue weighted by Gasteiger charge is 2.05. The van der Waals surface area contributed by atoms with Crippen molar-refractivity contribution in [2.45, 2.75) is 33.2 Å². The summed E-state index contributed by atoms with van der Waals surface area (Å²) in [6.45, 7) is 5.99. The molecule has 0 unspecified atom stereocenters. The van der Waals surface area contributed by atoms with Crippen LogP contribution < -0.4 is 10.6 Å². The van der Waals surface area contributed by atoms with E-state index in [1.165, 1.54) is 12.8 Å². The standard InChI is InChI=1S/C12H22N4O/c1-4-10(5-2)8-14-12(13-3)15-9-11-6-7-17-16-11/h6-7,10H,4-5,8-9H2,1-3H3,(H2,13,14,15). The van der Waals surface area contributed by atoms with Crippen molar-refractivity contribution in [1.29, 1.82) is 0 Å². The molecule has 0 aromatic carbocycles. The van der Waals surface area contributed by atoms with Gasteiger partial charge in [-0.2, -0.15) is 0 Å². The Balaban J connectivity index is 2.29. The van der Waals surface area contributed by atoms with Crippen LogP contribution >= 0.6 is 0 Å². The van der Waals surface area contributed by atoms with Crippen LogP contribution in [0.2, 0.25) is 0 Å². The molecule has 1 rings (SSSR count). The molecule has 0 saturated heterocycles. The second-order valence-corrected chi connectivity index (χ2v) is 3.98. The SMILES string of the molecule is CCC(CC)CNC(=NC)NCc1ccon1. The Hall–Kier alpha value is -1.52. The number of aliphatic imine (C=N–C) groups is 1. The summed E-state index contributed by atoms with van der Waals surface area (Å²) in [6, 6.07) is 1.83.